The number of hydrogen-bond donors (Lipinski definition) is 2. The molecular weight excluding hydrogens is 252 g/mol. The first-order valence-electron chi connectivity index (χ1n) is 6.37. The van der Waals surface area contributed by atoms with Crippen molar-refractivity contribution < 1.29 is 14.7 Å². The number of carboxylic acid groups (broad SMARTS) is 1. The van der Waals surface area contributed by atoms with E-state index in [4.69, 9.17) is 5.11 Å². The first-order valence-corrected chi connectivity index (χ1v) is 7.53. The molecule has 2 unspecified atom stereocenters. The number of carboxylic acids is 1. The van der Waals surface area contributed by atoms with Crippen LogP contribution in [0.1, 0.15) is 20.3 Å². The van der Waals surface area contributed by atoms with Gasteiger partial charge in [-0.25, -0.2) is 4.79 Å². The summed E-state index contributed by atoms with van der Waals surface area (Å²) < 4.78 is 0. The van der Waals surface area contributed by atoms with Crippen LogP contribution in [0.25, 0.3) is 0 Å². The van der Waals surface area contributed by atoms with Gasteiger partial charge >= 0.3 is 12.0 Å². The maximum Gasteiger partial charge on any atom is 0.317 e. The van der Waals surface area contributed by atoms with Gasteiger partial charge in [0.2, 0.25) is 0 Å². The molecule has 0 aromatic carbocycles. The third-order valence-electron chi connectivity index (χ3n) is 3.15. The number of nitrogens with zero attached hydrogens (tertiary/aromatic N) is 1. The molecule has 0 saturated carbocycles. The van der Waals surface area contributed by atoms with Crippen LogP contribution in [-0.4, -0.2) is 53.1 Å². The van der Waals surface area contributed by atoms with E-state index >= 15 is 0 Å². The van der Waals surface area contributed by atoms with Gasteiger partial charge in [-0.15, -0.1) is 0 Å². The Morgan fingerprint density at radius 1 is 1.56 bits per heavy atom. The van der Waals surface area contributed by atoms with E-state index in [0.29, 0.717) is 19.0 Å². The molecule has 5 nitrogen and oxygen atoms in total. The minimum Gasteiger partial charge on any atom is -0.481 e. The number of aliphatic carboxylic acids is 1. The first-order chi connectivity index (χ1) is 8.54. The molecule has 1 rings (SSSR count). The van der Waals surface area contributed by atoms with Crippen LogP contribution in [0.3, 0.4) is 0 Å². The van der Waals surface area contributed by atoms with Crippen LogP contribution in [0.2, 0.25) is 0 Å². The lowest BCUT2D eigenvalue weighted by atomic mass is 10.1. The summed E-state index contributed by atoms with van der Waals surface area (Å²) in [5, 5.41) is 11.8. The number of rotatable bonds is 6. The molecule has 0 aromatic heterocycles. The molecule has 1 heterocycles. The zero-order valence-corrected chi connectivity index (χ0v) is 11.8. The Labute approximate surface area is 112 Å². The molecule has 1 aliphatic heterocycles. The van der Waals surface area contributed by atoms with E-state index in [9.17, 15) is 9.59 Å². The molecule has 104 valence electrons. The van der Waals surface area contributed by atoms with Crippen LogP contribution in [0, 0.1) is 11.8 Å². The molecule has 0 radical (unpaired) electrons. The van der Waals surface area contributed by atoms with E-state index in [2.05, 4.69) is 5.32 Å². The summed E-state index contributed by atoms with van der Waals surface area (Å²) in [5.74, 6) is 1.45. The van der Waals surface area contributed by atoms with E-state index in [1.807, 2.05) is 18.7 Å². The van der Waals surface area contributed by atoms with E-state index < -0.39 is 11.9 Å². The van der Waals surface area contributed by atoms with Crippen molar-refractivity contribution in [3.8, 4) is 0 Å². The van der Waals surface area contributed by atoms with Gasteiger partial charge in [-0.05, 0) is 30.8 Å². The minimum absolute atomic E-state index is 0.150. The van der Waals surface area contributed by atoms with Crippen molar-refractivity contribution in [3.05, 3.63) is 0 Å². The largest absolute Gasteiger partial charge is 0.481 e. The lowest BCUT2D eigenvalue weighted by Crippen LogP contribution is -2.44. The SMILES string of the molecule is CCN(CC(C)C(=O)O)C(=O)NCC1CCSC1. The minimum atomic E-state index is -0.867. The van der Waals surface area contributed by atoms with Gasteiger partial charge in [0.25, 0.3) is 0 Å². The summed E-state index contributed by atoms with van der Waals surface area (Å²) >= 11 is 1.92. The second kappa shape index (κ2) is 7.51. The van der Waals surface area contributed by atoms with Crippen molar-refractivity contribution >= 4 is 23.8 Å². The Morgan fingerprint density at radius 2 is 2.28 bits per heavy atom. The smallest absolute Gasteiger partial charge is 0.317 e. The fourth-order valence-electron chi connectivity index (χ4n) is 1.85. The lowest BCUT2D eigenvalue weighted by Gasteiger charge is -2.24. The van der Waals surface area contributed by atoms with Crippen molar-refractivity contribution in [2.24, 2.45) is 11.8 Å². The predicted octanol–water partition coefficient (Wildman–Crippen LogP) is 1.49. The summed E-state index contributed by atoms with van der Waals surface area (Å²) in [6, 6.07) is -0.150. The summed E-state index contributed by atoms with van der Waals surface area (Å²) in [7, 11) is 0. The van der Waals surface area contributed by atoms with Crippen LogP contribution < -0.4 is 5.32 Å². The first kappa shape index (κ1) is 15.1. The average molecular weight is 274 g/mol. The molecule has 0 aromatic rings. The van der Waals surface area contributed by atoms with Crippen LogP contribution >= 0.6 is 11.8 Å². The Balaban J connectivity index is 2.33. The maximum atomic E-state index is 11.9. The number of hydrogen-bond acceptors (Lipinski definition) is 3. The van der Waals surface area contributed by atoms with Crippen molar-refractivity contribution in [2.75, 3.05) is 31.1 Å². The van der Waals surface area contributed by atoms with Gasteiger partial charge < -0.3 is 15.3 Å². The zero-order chi connectivity index (χ0) is 13.5. The molecule has 1 aliphatic rings. The van der Waals surface area contributed by atoms with Crippen LogP contribution in [0.5, 0.6) is 0 Å². The molecule has 0 aliphatic carbocycles. The summed E-state index contributed by atoms with van der Waals surface area (Å²) in [5.41, 5.74) is 0. The van der Waals surface area contributed by atoms with Crippen molar-refractivity contribution in [2.45, 2.75) is 20.3 Å². The van der Waals surface area contributed by atoms with Crippen LogP contribution in [0.15, 0.2) is 0 Å². The van der Waals surface area contributed by atoms with Gasteiger partial charge in [0.05, 0.1) is 5.92 Å². The van der Waals surface area contributed by atoms with Crippen molar-refractivity contribution in [1.82, 2.24) is 10.2 Å². The standard InChI is InChI=1S/C12H22N2O3S/c1-3-14(7-9(2)11(15)16)12(17)13-6-10-4-5-18-8-10/h9-10H,3-8H2,1-2H3,(H,13,17)(H,15,16). The van der Waals surface area contributed by atoms with E-state index in [-0.39, 0.29) is 12.6 Å². The van der Waals surface area contributed by atoms with Crippen molar-refractivity contribution in [3.63, 3.8) is 0 Å². The Kier molecular flexibility index (Phi) is 6.32. The van der Waals surface area contributed by atoms with Gasteiger partial charge in [-0.1, -0.05) is 6.92 Å². The quantitative estimate of drug-likeness (QED) is 0.770. The predicted molar refractivity (Wildman–Crippen MR) is 72.9 cm³/mol. The summed E-state index contributed by atoms with van der Waals surface area (Å²) in [6.45, 7) is 4.97. The van der Waals surface area contributed by atoms with Crippen LogP contribution in [0.4, 0.5) is 4.79 Å². The zero-order valence-electron chi connectivity index (χ0n) is 11.0. The van der Waals surface area contributed by atoms with E-state index in [1.165, 1.54) is 5.75 Å². The third-order valence-corrected chi connectivity index (χ3v) is 4.38. The maximum absolute atomic E-state index is 11.9. The van der Waals surface area contributed by atoms with E-state index in [0.717, 1.165) is 12.2 Å². The topological polar surface area (TPSA) is 69.6 Å². The summed E-state index contributed by atoms with van der Waals surface area (Å²) in [4.78, 5) is 24.2. The van der Waals surface area contributed by atoms with Gasteiger partial charge in [0.1, 0.15) is 0 Å². The Hall–Kier alpha value is -0.910. The monoisotopic (exact) mass is 274 g/mol. The molecule has 0 spiro atoms. The Morgan fingerprint density at radius 3 is 2.78 bits per heavy atom. The van der Waals surface area contributed by atoms with E-state index in [1.54, 1.807) is 11.8 Å². The number of carbonyl (C=O) groups is 2. The molecule has 18 heavy (non-hydrogen) atoms. The molecule has 2 N–H and O–H groups in total. The highest BCUT2D eigenvalue weighted by Crippen LogP contribution is 2.22. The Bertz CT molecular complexity index is 293. The molecule has 2 amide bonds. The molecule has 6 heteroatoms. The molecule has 2 atom stereocenters. The molecule has 0 bridgehead atoms. The van der Waals surface area contributed by atoms with Gasteiger partial charge in [-0.2, -0.15) is 11.8 Å². The summed E-state index contributed by atoms with van der Waals surface area (Å²) in [6.07, 6.45) is 1.16. The third kappa shape index (κ3) is 4.76. The van der Waals surface area contributed by atoms with Crippen molar-refractivity contribution in [1.29, 1.82) is 0 Å². The number of nitrogens with one attached hydrogen (secondary N) is 1. The number of amides is 2. The average Bonchev–Trinajstić information content (AvgIpc) is 2.85. The second-order valence-electron chi connectivity index (χ2n) is 4.69. The second-order valence-corrected chi connectivity index (χ2v) is 5.84. The number of thioether (sulfide) groups is 1. The van der Waals surface area contributed by atoms with Gasteiger partial charge in [0.15, 0.2) is 0 Å². The normalized spacial score (nSPS) is 20.4. The number of urea groups is 1. The molecular formula is C12H22N2O3S. The van der Waals surface area contributed by atoms with Crippen LogP contribution in [-0.2, 0) is 4.79 Å². The lowest BCUT2D eigenvalue weighted by molar-refractivity contribution is -0.141. The number of carbonyl (C=O) groups excluding carboxylic acids is 1. The highest BCUT2D eigenvalue weighted by Gasteiger charge is 2.21. The highest BCUT2D eigenvalue weighted by atomic mass is 32.2. The fourth-order valence-corrected chi connectivity index (χ4v) is 3.14. The fraction of sp³-hybridized carbons (Fsp3) is 0.833. The molecule has 1 saturated heterocycles. The van der Waals surface area contributed by atoms with Gasteiger partial charge in [-0.3, -0.25) is 4.79 Å². The highest BCUT2D eigenvalue weighted by molar-refractivity contribution is 7.99. The van der Waals surface area contributed by atoms with Gasteiger partial charge in [0, 0.05) is 19.6 Å². The molecule has 1 fully saturated rings.